The standard InChI is InChI=1S/C37H42N4O3/c1-8-29-22-41(20-27-16-15-25-11-9-10-12-31(25)35(27)44-29)21-28-19-26(14-13-23(28)2)33(37(4,5)36(42)43-7)30-17-18-32-34(24(30)3)38-39-40(32)6/h9-19,29,33H,8,20-22H2,1-7H3/t29-,33?/m1/s1. The lowest BCUT2D eigenvalue weighted by Gasteiger charge is -2.34. The number of rotatable bonds is 7. The van der Waals surface area contributed by atoms with E-state index in [0.717, 1.165) is 59.5 Å². The van der Waals surface area contributed by atoms with Crippen molar-refractivity contribution in [2.24, 2.45) is 12.5 Å². The van der Waals surface area contributed by atoms with Gasteiger partial charge in [0.25, 0.3) is 0 Å². The number of hydrogen-bond acceptors (Lipinski definition) is 6. The first-order chi connectivity index (χ1) is 21.1. The van der Waals surface area contributed by atoms with Gasteiger partial charge in [-0.3, -0.25) is 9.69 Å². The summed E-state index contributed by atoms with van der Waals surface area (Å²) in [5, 5.41) is 11.1. The summed E-state index contributed by atoms with van der Waals surface area (Å²) in [5.74, 6) is 0.518. The molecule has 0 fully saturated rings. The van der Waals surface area contributed by atoms with E-state index in [1.165, 1.54) is 34.6 Å². The minimum Gasteiger partial charge on any atom is -0.488 e. The zero-order chi connectivity index (χ0) is 31.2. The monoisotopic (exact) mass is 590 g/mol. The first-order valence-corrected chi connectivity index (χ1v) is 15.5. The summed E-state index contributed by atoms with van der Waals surface area (Å²) in [6.07, 6.45) is 1.02. The molecule has 0 amide bonds. The van der Waals surface area contributed by atoms with E-state index < -0.39 is 5.41 Å². The highest BCUT2D eigenvalue weighted by Crippen LogP contribution is 2.45. The Kier molecular flexibility index (Phi) is 7.93. The Morgan fingerprint density at radius 3 is 2.66 bits per heavy atom. The summed E-state index contributed by atoms with van der Waals surface area (Å²) in [4.78, 5) is 15.8. The van der Waals surface area contributed by atoms with Gasteiger partial charge in [-0.05, 0) is 73.4 Å². The fraction of sp³-hybridized carbons (Fsp3) is 0.378. The molecule has 0 saturated carbocycles. The average Bonchev–Trinajstić information content (AvgIpc) is 3.30. The fourth-order valence-corrected chi connectivity index (χ4v) is 6.89. The van der Waals surface area contributed by atoms with Crippen LogP contribution in [0.15, 0.2) is 66.7 Å². The lowest BCUT2D eigenvalue weighted by molar-refractivity contribution is -0.151. The molecule has 0 bridgehead atoms. The summed E-state index contributed by atoms with van der Waals surface area (Å²) in [6, 6.07) is 23.7. The van der Waals surface area contributed by atoms with Crippen molar-refractivity contribution in [3.63, 3.8) is 0 Å². The molecule has 2 heterocycles. The Hall–Kier alpha value is -4.23. The van der Waals surface area contributed by atoms with Crippen LogP contribution in [0.2, 0.25) is 0 Å². The van der Waals surface area contributed by atoms with E-state index >= 15 is 0 Å². The number of ether oxygens (including phenoxy) is 2. The second-order valence-electron chi connectivity index (χ2n) is 12.8. The van der Waals surface area contributed by atoms with Crippen LogP contribution < -0.4 is 4.74 Å². The smallest absolute Gasteiger partial charge is 0.312 e. The van der Waals surface area contributed by atoms with Gasteiger partial charge >= 0.3 is 5.97 Å². The number of carbonyl (C=O) groups excluding carboxylic acids is 1. The molecule has 7 nitrogen and oxygen atoms in total. The van der Waals surface area contributed by atoms with E-state index in [4.69, 9.17) is 9.47 Å². The molecule has 44 heavy (non-hydrogen) atoms. The van der Waals surface area contributed by atoms with Crippen LogP contribution in [0.3, 0.4) is 0 Å². The molecule has 6 rings (SSSR count). The molecule has 1 unspecified atom stereocenters. The highest BCUT2D eigenvalue weighted by atomic mass is 16.5. The van der Waals surface area contributed by atoms with Crippen molar-refractivity contribution in [1.29, 1.82) is 0 Å². The first-order valence-electron chi connectivity index (χ1n) is 15.5. The van der Waals surface area contributed by atoms with Crippen LogP contribution in [0.25, 0.3) is 21.8 Å². The molecular weight excluding hydrogens is 548 g/mol. The second kappa shape index (κ2) is 11.7. The Morgan fingerprint density at radius 2 is 1.89 bits per heavy atom. The minimum atomic E-state index is -0.828. The van der Waals surface area contributed by atoms with Gasteiger partial charge in [-0.25, -0.2) is 4.68 Å². The summed E-state index contributed by atoms with van der Waals surface area (Å²) in [6.45, 7) is 12.8. The van der Waals surface area contributed by atoms with Crippen LogP contribution in [0.1, 0.15) is 66.5 Å². The minimum absolute atomic E-state index is 0.0953. The number of esters is 1. The number of aromatic nitrogens is 3. The lowest BCUT2D eigenvalue weighted by atomic mass is 9.69. The van der Waals surface area contributed by atoms with Crippen molar-refractivity contribution in [1.82, 2.24) is 19.9 Å². The first kappa shape index (κ1) is 29.8. The Bertz CT molecular complexity index is 1860. The third-order valence-corrected chi connectivity index (χ3v) is 9.48. The van der Waals surface area contributed by atoms with Crippen molar-refractivity contribution < 1.29 is 14.3 Å². The normalized spacial score (nSPS) is 16.4. The maximum atomic E-state index is 13.3. The Morgan fingerprint density at radius 1 is 1.09 bits per heavy atom. The second-order valence-corrected chi connectivity index (χ2v) is 12.8. The summed E-state index contributed by atoms with van der Waals surface area (Å²) in [5.41, 5.74) is 7.83. The summed E-state index contributed by atoms with van der Waals surface area (Å²) < 4.78 is 13.8. The maximum Gasteiger partial charge on any atom is 0.312 e. The van der Waals surface area contributed by atoms with Crippen LogP contribution in [0.4, 0.5) is 0 Å². The van der Waals surface area contributed by atoms with E-state index in [-0.39, 0.29) is 18.0 Å². The van der Waals surface area contributed by atoms with Crippen LogP contribution in [-0.2, 0) is 29.7 Å². The largest absolute Gasteiger partial charge is 0.488 e. The fourth-order valence-electron chi connectivity index (χ4n) is 6.89. The number of fused-ring (bicyclic) bond motifs is 4. The van der Waals surface area contributed by atoms with Crippen LogP contribution in [0.5, 0.6) is 5.75 Å². The molecule has 0 radical (unpaired) electrons. The number of methoxy groups -OCH3 is 1. The highest BCUT2D eigenvalue weighted by Gasteiger charge is 2.41. The molecule has 228 valence electrons. The van der Waals surface area contributed by atoms with Gasteiger partial charge in [-0.2, -0.15) is 0 Å². The molecular formula is C37H42N4O3. The van der Waals surface area contributed by atoms with Gasteiger partial charge in [0.2, 0.25) is 0 Å². The third kappa shape index (κ3) is 5.23. The molecule has 7 heteroatoms. The SMILES string of the molecule is CC[C@@H]1CN(Cc2cc(C(c3ccc4c(nnn4C)c3C)C(C)(C)C(=O)OC)ccc2C)Cc2ccc3ccccc3c2O1. The zero-order valence-corrected chi connectivity index (χ0v) is 26.8. The van der Waals surface area contributed by atoms with Gasteiger partial charge in [0, 0.05) is 43.5 Å². The van der Waals surface area contributed by atoms with Crippen molar-refractivity contribution in [3.8, 4) is 5.75 Å². The molecule has 0 aliphatic carbocycles. The van der Waals surface area contributed by atoms with Crippen LogP contribution in [-0.4, -0.2) is 45.6 Å². The molecule has 0 N–H and O–H groups in total. The van der Waals surface area contributed by atoms with Crippen molar-refractivity contribution in [2.75, 3.05) is 13.7 Å². The van der Waals surface area contributed by atoms with Crippen molar-refractivity contribution in [2.45, 2.75) is 66.2 Å². The van der Waals surface area contributed by atoms with Gasteiger partial charge in [-0.15, -0.1) is 5.10 Å². The van der Waals surface area contributed by atoms with E-state index in [2.05, 4.69) is 103 Å². The number of benzene rings is 4. The lowest BCUT2D eigenvalue weighted by Crippen LogP contribution is -2.34. The molecule has 2 atom stereocenters. The Labute approximate surface area is 259 Å². The van der Waals surface area contributed by atoms with E-state index in [1.54, 1.807) is 4.68 Å². The molecule has 1 aliphatic heterocycles. The predicted octanol–water partition coefficient (Wildman–Crippen LogP) is 7.24. The molecule has 1 aromatic heterocycles. The van der Waals surface area contributed by atoms with Crippen LogP contribution >= 0.6 is 0 Å². The third-order valence-electron chi connectivity index (χ3n) is 9.48. The van der Waals surface area contributed by atoms with E-state index in [0.29, 0.717) is 0 Å². The van der Waals surface area contributed by atoms with Gasteiger partial charge in [-0.1, -0.05) is 72.8 Å². The molecule has 1 aliphatic rings. The van der Waals surface area contributed by atoms with Crippen molar-refractivity contribution in [3.05, 3.63) is 100 Å². The van der Waals surface area contributed by atoms with E-state index in [1.807, 2.05) is 20.9 Å². The maximum absolute atomic E-state index is 13.3. The number of hydrogen-bond donors (Lipinski definition) is 0. The summed E-state index contributed by atoms with van der Waals surface area (Å²) in [7, 11) is 3.36. The number of nitrogens with zero attached hydrogens (tertiary/aromatic N) is 4. The zero-order valence-electron chi connectivity index (χ0n) is 26.8. The topological polar surface area (TPSA) is 69.5 Å². The quantitative estimate of drug-likeness (QED) is 0.186. The number of carbonyl (C=O) groups is 1. The molecule has 0 saturated heterocycles. The number of aryl methyl sites for hydroxylation is 3. The highest BCUT2D eigenvalue weighted by molar-refractivity contribution is 5.89. The van der Waals surface area contributed by atoms with Gasteiger partial charge in [0.1, 0.15) is 17.4 Å². The molecule has 5 aromatic rings. The van der Waals surface area contributed by atoms with E-state index in [9.17, 15) is 4.79 Å². The average molecular weight is 591 g/mol. The molecule has 0 spiro atoms. The van der Waals surface area contributed by atoms with Crippen molar-refractivity contribution >= 4 is 27.8 Å². The van der Waals surface area contributed by atoms with Gasteiger partial charge in [0.15, 0.2) is 0 Å². The predicted molar refractivity (Wildman–Crippen MR) is 175 cm³/mol. The Balaban J connectivity index is 1.41. The van der Waals surface area contributed by atoms with Gasteiger partial charge < -0.3 is 9.47 Å². The van der Waals surface area contributed by atoms with Gasteiger partial charge in [0.05, 0.1) is 18.0 Å². The van der Waals surface area contributed by atoms with Crippen LogP contribution in [0, 0.1) is 19.3 Å². The molecule has 4 aromatic carbocycles. The summed E-state index contributed by atoms with van der Waals surface area (Å²) >= 11 is 0.